The lowest BCUT2D eigenvalue weighted by Gasteiger charge is -2.28. The number of nitrogens with zero attached hydrogens (tertiary/aromatic N) is 3. The fourth-order valence-corrected chi connectivity index (χ4v) is 4.12. The zero-order chi connectivity index (χ0) is 21.4. The Morgan fingerprint density at radius 1 is 1.13 bits per heavy atom. The summed E-state index contributed by atoms with van der Waals surface area (Å²) in [6.07, 6.45) is 0.804. The van der Waals surface area contributed by atoms with Crippen LogP contribution in [-0.4, -0.2) is 37.3 Å². The molecule has 1 N–H and O–H groups in total. The summed E-state index contributed by atoms with van der Waals surface area (Å²) in [6, 6.07) is 15.7. The third-order valence-electron chi connectivity index (χ3n) is 5.53. The third-order valence-corrected chi connectivity index (χ3v) is 5.53. The molecule has 0 radical (unpaired) electrons. The van der Waals surface area contributed by atoms with Crippen LogP contribution in [0, 0.1) is 5.92 Å². The predicted molar refractivity (Wildman–Crippen MR) is 120 cm³/mol. The summed E-state index contributed by atoms with van der Waals surface area (Å²) in [7, 11) is 5.67. The van der Waals surface area contributed by atoms with E-state index in [1.807, 2.05) is 72.4 Å². The summed E-state index contributed by atoms with van der Waals surface area (Å²) in [6.45, 7) is 4.32. The number of rotatable bonds is 6. The average molecular weight is 405 g/mol. The molecule has 0 aliphatic carbocycles. The number of para-hydroxylation sites is 1. The molecule has 0 bridgehead atoms. The zero-order valence-electron chi connectivity index (χ0n) is 18.1. The van der Waals surface area contributed by atoms with Crippen molar-refractivity contribution in [1.82, 2.24) is 10.2 Å². The number of hydrogen-bond acceptors (Lipinski definition) is 4. The number of fused-ring (bicyclic) bond motifs is 1. The Kier molecular flexibility index (Phi) is 5.24. The number of benzene rings is 2. The van der Waals surface area contributed by atoms with Gasteiger partial charge in [-0.25, -0.2) is 0 Å². The molecule has 0 spiro atoms. The van der Waals surface area contributed by atoms with E-state index in [0.29, 0.717) is 11.6 Å². The molecule has 2 heterocycles. The molecule has 4 rings (SSSR count). The van der Waals surface area contributed by atoms with Crippen LogP contribution in [0.15, 0.2) is 48.5 Å². The van der Waals surface area contributed by atoms with E-state index in [-0.39, 0.29) is 11.9 Å². The van der Waals surface area contributed by atoms with Crippen LogP contribution in [0.1, 0.15) is 47.2 Å². The van der Waals surface area contributed by atoms with Crippen LogP contribution in [0.2, 0.25) is 0 Å². The molecule has 30 heavy (non-hydrogen) atoms. The number of anilines is 2. The Labute approximate surface area is 177 Å². The Morgan fingerprint density at radius 3 is 2.47 bits per heavy atom. The van der Waals surface area contributed by atoms with Crippen molar-refractivity contribution in [2.24, 2.45) is 5.92 Å². The van der Waals surface area contributed by atoms with Crippen molar-refractivity contribution in [3.63, 3.8) is 0 Å². The average Bonchev–Trinajstić information content (AvgIpc) is 3.26. The summed E-state index contributed by atoms with van der Waals surface area (Å²) in [5.74, 6) is 1.12. The Hall–Kier alpha value is -3.28. The predicted octanol–water partition coefficient (Wildman–Crippen LogP) is 4.43. The second-order valence-corrected chi connectivity index (χ2v) is 8.29. The van der Waals surface area contributed by atoms with Gasteiger partial charge in [0.2, 0.25) is 0 Å². The highest BCUT2D eigenvalue weighted by molar-refractivity contribution is 6.10. The first-order valence-electron chi connectivity index (χ1n) is 10.2. The van der Waals surface area contributed by atoms with Gasteiger partial charge in [0.1, 0.15) is 11.4 Å². The number of methoxy groups -OCH3 is 1. The van der Waals surface area contributed by atoms with Crippen LogP contribution < -0.4 is 14.5 Å². The number of H-pyrrole nitrogens is 1. The summed E-state index contributed by atoms with van der Waals surface area (Å²) < 4.78 is 5.67. The fraction of sp³-hybridized carbons (Fsp3) is 0.333. The second kappa shape index (κ2) is 7.86. The minimum atomic E-state index is -0.290. The van der Waals surface area contributed by atoms with E-state index in [4.69, 9.17) is 4.74 Å². The van der Waals surface area contributed by atoms with Gasteiger partial charge in [0, 0.05) is 36.6 Å². The highest BCUT2D eigenvalue weighted by Gasteiger charge is 2.43. The molecule has 156 valence electrons. The molecule has 1 aliphatic rings. The summed E-state index contributed by atoms with van der Waals surface area (Å²) in [5, 5.41) is 7.52. The Morgan fingerprint density at radius 2 is 1.83 bits per heavy atom. The van der Waals surface area contributed by atoms with E-state index in [1.54, 1.807) is 7.11 Å². The first kappa shape index (κ1) is 20.0. The first-order chi connectivity index (χ1) is 14.4. The number of carbonyl (C=O) groups excluding carboxylic acids is 1. The van der Waals surface area contributed by atoms with Gasteiger partial charge in [-0.2, -0.15) is 5.10 Å². The van der Waals surface area contributed by atoms with Crippen LogP contribution in [0.5, 0.6) is 5.75 Å². The van der Waals surface area contributed by atoms with E-state index in [1.165, 1.54) is 0 Å². The van der Waals surface area contributed by atoms with Crippen LogP contribution in [0.3, 0.4) is 0 Å². The van der Waals surface area contributed by atoms with Crippen molar-refractivity contribution < 1.29 is 9.53 Å². The molecule has 1 amide bonds. The van der Waals surface area contributed by atoms with Gasteiger partial charge in [-0.1, -0.05) is 32.0 Å². The number of nitrogens with one attached hydrogen (secondary N) is 1. The van der Waals surface area contributed by atoms with Crippen LogP contribution >= 0.6 is 0 Å². The molecule has 2 aromatic carbocycles. The van der Waals surface area contributed by atoms with Gasteiger partial charge in [0.15, 0.2) is 0 Å². The normalized spacial score (nSPS) is 15.6. The molecule has 6 heteroatoms. The van der Waals surface area contributed by atoms with Gasteiger partial charge < -0.3 is 9.64 Å². The van der Waals surface area contributed by atoms with E-state index in [2.05, 4.69) is 24.0 Å². The molecular formula is C24H28N4O2. The van der Waals surface area contributed by atoms with Crippen molar-refractivity contribution in [3.8, 4) is 5.75 Å². The van der Waals surface area contributed by atoms with Gasteiger partial charge in [-0.15, -0.1) is 0 Å². The molecule has 0 saturated heterocycles. The maximum absolute atomic E-state index is 13.5. The van der Waals surface area contributed by atoms with Crippen molar-refractivity contribution in [2.45, 2.75) is 26.3 Å². The van der Waals surface area contributed by atoms with Gasteiger partial charge in [0.05, 0.1) is 18.8 Å². The van der Waals surface area contributed by atoms with Crippen molar-refractivity contribution >= 4 is 17.3 Å². The topological polar surface area (TPSA) is 61.5 Å². The van der Waals surface area contributed by atoms with Crippen LogP contribution in [0.25, 0.3) is 0 Å². The quantitative estimate of drug-likeness (QED) is 0.660. The molecule has 1 aromatic heterocycles. The lowest BCUT2D eigenvalue weighted by Crippen LogP contribution is -2.29. The largest absolute Gasteiger partial charge is 0.496 e. The SMILES string of the molecule is COc1ccccc1C1c2c(CC(C)C)n[nH]c2C(=O)N1c1ccc(N(C)C)cc1. The maximum Gasteiger partial charge on any atom is 0.277 e. The molecule has 1 aliphatic heterocycles. The Bertz CT molecular complexity index is 1050. The van der Waals surface area contributed by atoms with E-state index >= 15 is 0 Å². The van der Waals surface area contributed by atoms with Gasteiger partial charge in [-0.3, -0.25) is 14.8 Å². The molecule has 0 fully saturated rings. The second-order valence-electron chi connectivity index (χ2n) is 8.29. The van der Waals surface area contributed by atoms with Gasteiger partial charge in [0.25, 0.3) is 5.91 Å². The van der Waals surface area contributed by atoms with Gasteiger partial charge >= 0.3 is 0 Å². The molecule has 3 aromatic rings. The number of hydrogen-bond donors (Lipinski definition) is 1. The zero-order valence-corrected chi connectivity index (χ0v) is 18.1. The molecule has 1 atom stereocenters. The maximum atomic E-state index is 13.5. The number of aromatic nitrogens is 2. The third kappa shape index (κ3) is 3.32. The minimum Gasteiger partial charge on any atom is -0.496 e. The smallest absolute Gasteiger partial charge is 0.277 e. The van der Waals surface area contributed by atoms with E-state index in [0.717, 1.165) is 40.4 Å². The Balaban J connectivity index is 1.88. The number of carbonyl (C=O) groups is 1. The van der Waals surface area contributed by atoms with Gasteiger partial charge in [-0.05, 0) is 42.7 Å². The summed E-state index contributed by atoms with van der Waals surface area (Å²) in [5.41, 5.74) is 5.35. The fourth-order valence-electron chi connectivity index (χ4n) is 4.12. The van der Waals surface area contributed by atoms with E-state index in [9.17, 15) is 4.79 Å². The standard InChI is InChI=1S/C24H28N4O2/c1-15(2)14-19-21-22(26-25-19)24(29)28(17-12-10-16(11-13-17)27(3)4)23(21)18-8-6-7-9-20(18)30-5/h6-13,15,23H,14H2,1-5H3,(H,25,26). The lowest BCUT2D eigenvalue weighted by molar-refractivity contribution is 0.0988. The molecule has 6 nitrogen and oxygen atoms in total. The first-order valence-corrected chi connectivity index (χ1v) is 10.2. The van der Waals surface area contributed by atoms with Crippen molar-refractivity contribution in [1.29, 1.82) is 0 Å². The number of ether oxygens (including phenoxy) is 1. The van der Waals surface area contributed by atoms with Crippen LogP contribution in [-0.2, 0) is 6.42 Å². The molecular weight excluding hydrogens is 376 g/mol. The number of aromatic amines is 1. The minimum absolute atomic E-state index is 0.0685. The highest BCUT2D eigenvalue weighted by Crippen LogP contribution is 2.45. The van der Waals surface area contributed by atoms with E-state index < -0.39 is 0 Å². The van der Waals surface area contributed by atoms with Crippen LogP contribution in [0.4, 0.5) is 11.4 Å². The summed E-state index contributed by atoms with van der Waals surface area (Å²) >= 11 is 0. The monoisotopic (exact) mass is 404 g/mol. The molecule has 1 unspecified atom stereocenters. The number of amides is 1. The highest BCUT2D eigenvalue weighted by atomic mass is 16.5. The summed E-state index contributed by atoms with van der Waals surface area (Å²) in [4.78, 5) is 17.4. The van der Waals surface area contributed by atoms with Crippen molar-refractivity contribution in [2.75, 3.05) is 31.0 Å². The van der Waals surface area contributed by atoms with Crippen molar-refractivity contribution in [3.05, 3.63) is 71.0 Å². The molecule has 0 saturated carbocycles. The lowest BCUT2D eigenvalue weighted by atomic mass is 9.94.